The third-order valence-corrected chi connectivity index (χ3v) is 4.57. The molecule has 0 aliphatic carbocycles. The van der Waals surface area contributed by atoms with Gasteiger partial charge in [0.25, 0.3) is 0 Å². The van der Waals surface area contributed by atoms with E-state index in [2.05, 4.69) is 42.8 Å². The van der Waals surface area contributed by atoms with Gasteiger partial charge in [-0.05, 0) is 47.7 Å². The summed E-state index contributed by atoms with van der Waals surface area (Å²) in [7, 11) is 0. The molecule has 1 nitrogen and oxygen atoms in total. The van der Waals surface area contributed by atoms with Crippen molar-refractivity contribution in [1.82, 2.24) is 0 Å². The molecule has 1 atom stereocenters. The molecular weight excluding hydrogens is 258 g/mol. The van der Waals surface area contributed by atoms with Crippen LogP contribution in [0, 0.1) is 12.8 Å². The lowest BCUT2D eigenvalue weighted by Crippen LogP contribution is -2.09. The highest BCUT2D eigenvalue weighted by molar-refractivity contribution is 9.10. The van der Waals surface area contributed by atoms with E-state index >= 15 is 0 Å². The number of nitrogens with two attached hydrogens (primary N) is 1. The van der Waals surface area contributed by atoms with Gasteiger partial charge in [-0.15, -0.1) is 11.3 Å². The molecule has 0 bridgehead atoms. The Labute approximate surface area is 98.8 Å². The van der Waals surface area contributed by atoms with E-state index in [1.54, 1.807) is 11.3 Å². The van der Waals surface area contributed by atoms with Gasteiger partial charge in [0.05, 0.1) is 0 Å². The van der Waals surface area contributed by atoms with E-state index in [0.29, 0.717) is 0 Å². The van der Waals surface area contributed by atoms with E-state index < -0.39 is 0 Å². The molecule has 0 aliphatic rings. The van der Waals surface area contributed by atoms with Crippen molar-refractivity contribution < 1.29 is 0 Å². The van der Waals surface area contributed by atoms with Crippen molar-refractivity contribution in [1.29, 1.82) is 0 Å². The Kier molecular flexibility index (Phi) is 4.61. The van der Waals surface area contributed by atoms with Crippen LogP contribution in [0.25, 0.3) is 0 Å². The quantitative estimate of drug-likeness (QED) is 0.873. The molecule has 0 radical (unpaired) electrons. The Hall–Kier alpha value is 0.140. The van der Waals surface area contributed by atoms with E-state index in [9.17, 15) is 0 Å². The Morgan fingerprint density at radius 3 is 2.50 bits per heavy atom. The molecule has 1 aromatic heterocycles. The maximum Gasteiger partial charge on any atom is 0.0390 e. The molecule has 14 heavy (non-hydrogen) atoms. The van der Waals surface area contributed by atoms with Crippen LogP contribution in [-0.2, 0) is 0 Å². The Morgan fingerprint density at radius 1 is 1.43 bits per heavy atom. The van der Waals surface area contributed by atoms with E-state index in [-0.39, 0.29) is 6.04 Å². The fourth-order valence-corrected chi connectivity index (χ4v) is 2.92. The number of hydrogen-bond donors (Lipinski definition) is 1. The number of aryl methyl sites for hydroxylation is 1. The number of thiophene rings is 1. The molecule has 80 valence electrons. The monoisotopic (exact) mass is 275 g/mol. The lowest BCUT2D eigenvalue weighted by molar-refractivity contribution is 0.510. The van der Waals surface area contributed by atoms with Crippen molar-refractivity contribution in [3.05, 3.63) is 20.3 Å². The molecule has 2 N–H and O–H groups in total. The van der Waals surface area contributed by atoms with E-state index in [1.807, 2.05) is 0 Å². The Morgan fingerprint density at radius 2 is 2.07 bits per heavy atom. The van der Waals surface area contributed by atoms with Crippen molar-refractivity contribution in [2.75, 3.05) is 0 Å². The summed E-state index contributed by atoms with van der Waals surface area (Å²) in [5.74, 6) is 0.741. The van der Waals surface area contributed by atoms with Crippen LogP contribution in [0.2, 0.25) is 0 Å². The van der Waals surface area contributed by atoms with Crippen LogP contribution < -0.4 is 5.73 Å². The fourth-order valence-electron chi connectivity index (χ4n) is 1.32. The topological polar surface area (TPSA) is 26.0 Å². The molecule has 0 saturated heterocycles. The van der Waals surface area contributed by atoms with Gasteiger partial charge in [0.2, 0.25) is 0 Å². The molecule has 1 rings (SSSR count). The van der Waals surface area contributed by atoms with Crippen LogP contribution in [0.5, 0.6) is 0 Å². The van der Waals surface area contributed by atoms with E-state index in [4.69, 9.17) is 5.73 Å². The van der Waals surface area contributed by atoms with Gasteiger partial charge >= 0.3 is 0 Å². The minimum atomic E-state index is 0.215. The van der Waals surface area contributed by atoms with Crippen molar-refractivity contribution >= 4 is 27.3 Å². The molecule has 0 amide bonds. The molecule has 0 fully saturated rings. The zero-order valence-electron chi connectivity index (χ0n) is 9.01. The van der Waals surface area contributed by atoms with Crippen LogP contribution >= 0.6 is 27.3 Å². The zero-order chi connectivity index (χ0) is 10.7. The standard InChI is InChI=1S/C11H18BrNS/c1-7(2)4-5-10(13)11-6-9(12)8(3)14-11/h6-7,10H,4-5,13H2,1-3H3. The van der Waals surface area contributed by atoms with Gasteiger partial charge < -0.3 is 5.73 Å². The largest absolute Gasteiger partial charge is 0.323 e. The first kappa shape index (κ1) is 12.2. The SMILES string of the molecule is Cc1sc(C(N)CCC(C)C)cc1Br. The summed E-state index contributed by atoms with van der Waals surface area (Å²) in [6, 6.07) is 2.37. The molecule has 3 heteroatoms. The first-order valence-corrected chi connectivity index (χ1v) is 6.63. The Balaban J connectivity index is 2.56. The van der Waals surface area contributed by atoms with Gasteiger partial charge in [-0.1, -0.05) is 13.8 Å². The molecular formula is C11H18BrNS. The highest BCUT2D eigenvalue weighted by Gasteiger charge is 2.11. The molecule has 0 spiro atoms. The smallest absolute Gasteiger partial charge is 0.0390 e. The summed E-state index contributed by atoms with van der Waals surface area (Å²) in [4.78, 5) is 2.62. The van der Waals surface area contributed by atoms with Gasteiger partial charge in [-0.25, -0.2) is 0 Å². The highest BCUT2D eigenvalue weighted by Crippen LogP contribution is 2.31. The number of hydrogen-bond acceptors (Lipinski definition) is 2. The molecule has 1 aromatic rings. The summed E-state index contributed by atoms with van der Waals surface area (Å²) in [5, 5.41) is 0. The summed E-state index contributed by atoms with van der Waals surface area (Å²) in [5.41, 5.74) is 6.12. The van der Waals surface area contributed by atoms with Crippen molar-refractivity contribution in [3.63, 3.8) is 0 Å². The zero-order valence-corrected chi connectivity index (χ0v) is 11.4. The fraction of sp³-hybridized carbons (Fsp3) is 0.636. The van der Waals surface area contributed by atoms with Crippen LogP contribution in [0.1, 0.15) is 42.5 Å². The summed E-state index contributed by atoms with van der Waals surface area (Å²) >= 11 is 5.32. The Bertz CT molecular complexity index is 274. The normalized spacial score (nSPS) is 13.6. The van der Waals surface area contributed by atoms with Crippen molar-refractivity contribution in [2.24, 2.45) is 11.7 Å². The van der Waals surface area contributed by atoms with Crippen LogP contribution in [-0.4, -0.2) is 0 Å². The second-order valence-electron chi connectivity index (χ2n) is 4.13. The van der Waals surface area contributed by atoms with Crippen molar-refractivity contribution in [2.45, 2.75) is 39.7 Å². The summed E-state index contributed by atoms with van der Waals surface area (Å²) in [6.45, 7) is 6.60. The highest BCUT2D eigenvalue weighted by atomic mass is 79.9. The van der Waals surface area contributed by atoms with E-state index in [0.717, 1.165) is 12.3 Å². The minimum Gasteiger partial charge on any atom is -0.323 e. The average Bonchev–Trinajstić information content (AvgIpc) is 2.43. The number of halogens is 1. The van der Waals surface area contributed by atoms with Crippen LogP contribution in [0.4, 0.5) is 0 Å². The molecule has 0 aliphatic heterocycles. The minimum absolute atomic E-state index is 0.215. The number of rotatable bonds is 4. The van der Waals surface area contributed by atoms with Gasteiger partial charge in [0, 0.05) is 20.3 Å². The maximum atomic E-state index is 6.12. The molecule has 0 aromatic carbocycles. The van der Waals surface area contributed by atoms with Gasteiger partial charge in [0.15, 0.2) is 0 Å². The first-order valence-electron chi connectivity index (χ1n) is 5.02. The predicted molar refractivity (Wildman–Crippen MR) is 67.8 cm³/mol. The molecule has 1 heterocycles. The molecule has 0 saturated carbocycles. The lowest BCUT2D eigenvalue weighted by atomic mass is 10.0. The first-order chi connectivity index (χ1) is 6.50. The van der Waals surface area contributed by atoms with Gasteiger partial charge in [0.1, 0.15) is 0 Å². The van der Waals surface area contributed by atoms with Crippen molar-refractivity contribution in [3.8, 4) is 0 Å². The third kappa shape index (κ3) is 3.37. The lowest BCUT2D eigenvalue weighted by Gasteiger charge is -2.10. The maximum absolute atomic E-state index is 6.12. The van der Waals surface area contributed by atoms with Crippen LogP contribution in [0.15, 0.2) is 10.5 Å². The van der Waals surface area contributed by atoms with Gasteiger partial charge in [-0.3, -0.25) is 0 Å². The third-order valence-electron chi connectivity index (χ3n) is 2.30. The summed E-state index contributed by atoms with van der Waals surface area (Å²) in [6.07, 6.45) is 2.29. The second kappa shape index (κ2) is 5.29. The second-order valence-corrected chi connectivity index (χ2v) is 6.27. The van der Waals surface area contributed by atoms with Crippen LogP contribution in [0.3, 0.4) is 0 Å². The molecule has 1 unspecified atom stereocenters. The average molecular weight is 276 g/mol. The van der Waals surface area contributed by atoms with Gasteiger partial charge in [-0.2, -0.15) is 0 Å². The van der Waals surface area contributed by atoms with E-state index in [1.165, 1.54) is 20.6 Å². The predicted octanol–water partition coefficient (Wildman–Crippen LogP) is 4.26. The summed E-state index contributed by atoms with van der Waals surface area (Å²) < 4.78 is 1.19.